The minimum atomic E-state index is 0.183. The van der Waals surface area contributed by atoms with Crippen molar-refractivity contribution >= 4 is 48.6 Å². The van der Waals surface area contributed by atoms with E-state index >= 15 is 0 Å². The lowest BCUT2D eigenvalue weighted by Gasteiger charge is -2.37. The zero-order valence-electron chi connectivity index (χ0n) is 21.8. The van der Waals surface area contributed by atoms with Gasteiger partial charge in [-0.3, -0.25) is 0 Å². The minimum Gasteiger partial charge on any atom is -0.310 e. The quantitative estimate of drug-likeness (QED) is 0.225. The lowest BCUT2D eigenvalue weighted by molar-refractivity contribution is 0.327. The number of hydrogen-bond donors (Lipinski definition) is 0. The fourth-order valence-corrected chi connectivity index (χ4v) is 9.60. The first-order valence-corrected chi connectivity index (χ1v) is 15.1. The molecule has 1 spiro atoms. The molecule has 2 saturated carbocycles. The van der Waals surface area contributed by atoms with Crippen molar-refractivity contribution in [2.24, 2.45) is 11.8 Å². The fraction of sp³-hybridized carbons (Fsp3) is 0.189. The molecule has 3 aliphatic carbocycles. The van der Waals surface area contributed by atoms with Crippen LogP contribution in [0.1, 0.15) is 36.8 Å². The molecule has 2 bridgehead atoms. The molecule has 3 atom stereocenters. The molecule has 0 radical (unpaired) electrons. The third-order valence-electron chi connectivity index (χ3n) is 9.92. The lowest BCUT2D eigenvalue weighted by Crippen LogP contribution is -2.31. The van der Waals surface area contributed by atoms with Crippen LogP contribution in [-0.2, 0) is 5.41 Å². The smallest absolute Gasteiger partial charge is 0.0543 e. The highest BCUT2D eigenvalue weighted by atomic mass is 32.1. The van der Waals surface area contributed by atoms with Crippen LogP contribution in [0.4, 0.5) is 17.1 Å². The standard InChI is InChI=1S/C37H29NS/c1-2-9-26(10-3-1)38(27-19-20-29-28-11-5-7-16-34(28)39-35(29)22-27)33-15-8-14-32-36(33)30-12-4-6-13-31(30)37(32)23-24-17-18-25(37)21-24/h1-16,19-20,22,24-25H,17-18,21,23H2. The Morgan fingerprint density at radius 2 is 1.44 bits per heavy atom. The van der Waals surface area contributed by atoms with Crippen LogP contribution < -0.4 is 4.90 Å². The maximum atomic E-state index is 2.51. The summed E-state index contributed by atoms with van der Waals surface area (Å²) in [7, 11) is 0. The Bertz CT molecular complexity index is 1900. The summed E-state index contributed by atoms with van der Waals surface area (Å²) in [6.07, 6.45) is 5.48. The first-order valence-electron chi connectivity index (χ1n) is 14.3. The molecule has 3 aliphatic rings. The molecule has 9 rings (SSSR count). The van der Waals surface area contributed by atoms with Crippen molar-refractivity contribution in [1.29, 1.82) is 0 Å². The molecule has 3 unspecified atom stereocenters. The molecule has 1 heterocycles. The molecule has 5 aromatic carbocycles. The van der Waals surface area contributed by atoms with Gasteiger partial charge in [-0.05, 0) is 84.2 Å². The third-order valence-corrected chi connectivity index (χ3v) is 11.1. The molecule has 0 saturated heterocycles. The summed E-state index contributed by atoms with van der Waals surface area (Å²) in [6, 6.07) is 43.2. The zero-order chi connectivity index (χ0) is 25.6. The van der Waals surface area contributed by atoms with Gasteiger partial charge in [0.25, 0.3) is 0 Å². The Morgan fingerprint density at radius 3 is 2.31 bits per heavy atom. The summed E-state index contributed by atoms with van der Waals surface area (Å²) in [5, 5.41) is 2.69. The maximum Gasteiger partial charge on any atom is 0.0543 e. The molecule has 188 valence electrons. The van der Waals surface area contributed by atoms with E-state index in [1.807, 2.05) is 11.3 Å². The van der Waals surface area contributed by atoms with E-state index in [4.69, 9.17) is 0 Å². The monoisotopic (exact) mass is 519 g/mol. The van der Waals surface area contributed by atoms with Crippen LogP contribution in [-0.4, -0.2) is 0 Å². The second-order valence-corrected chi connectivity index (χ2v) is 12.8. The van der Waals surface area contributed by atoms with E-state index in [1.54, 1.807) is 11.1 Å². The summed E-state index contributed by atoms with van der Waals surface area (Å²) >= 11 is 1.89. The fourth-order valence-electron chi connectivity index (χ4n) is 8.46. The van der Waals surface area contributed by atoms with Crippen LogP contribution in [0.25, 0.3) is 31.3 Å². The van der Waals surface area contributed by atoms with Crippen LogP contribution in [0.5, 0.6) is 0 Å². The maximum absolute atomic E-state index is 2.51. The molecule has 0 N–H and O–H groups in total. The first-order chi connectivity index (χ1) is 19.3. The van der Waals surface area contributed by atoms with Crippen LogP contribution >= 0.6 is 11.3 Å². The van der Waals surface area contributed by atoms with Crippen molar-refractivity contribution in [3.05, 3.63) is 126 Å². The number of hydrogen-bond acceptors (Lipinski definition) is 2. The normalized spacial score (nSPS) is 22.6. The number of thiophene rings is 1. The molecule has 39 heavy (non-hydrogen) atoms. The number of fused-ring (bicyclic) bond motifs is 11. The number of nitrogens with zero attached hydrogens (tertiary/aromatic N) is 1. The summed E-state index contributed by atoms with van der Waals surface area (Å²) in [6.45, 7) is 0. The number of benzene rings is 5. The molecular weight excluding hydrogens is 490 g/mol. The predicted molar refractivity (Wildman–Crippen MR) is 166 cm³/mol. The summed E-state index contributed by atoms with van der Waals surface area (Å²) in [5.74, 6) is 1.64. The summed E-state index contributed by atoms with van der Waals surface area (Å²) in [4.78, 5) is 2.51. The van der Waals surface area contributed by atoms with E-state index in [0.29, 0.717) is 0 Å². The van der Waals surface area contributed by atoms with Crippen molar-refractivity contribution in [2.45, 2.75) is 31.1 Å². The highest BCUT2D eigenvalue weighted by Crippen LogP contribution is 2.67. The highest BCUT2D eigenvalue weighted by molar-refractivity contribution is 7.25. The van der Waals surface area contributed by atoms with Crippen molar-refractivity contribution in [1.82, 2.24) is 0 Å². The molecule has 2 heteroatoms. The molecule has 2 fully saturated rings. The van der Waals surface area contributed by atoms with Gasteiger partial charge in [-0.15, -0.1) is 11.3 Å². The van der Waals surface area contributed by atoms with E-state index in [1.165, 1.54) is 74.0 Å². The first kappa shape index (κ1) is 22.0. The van der Waals surface area contributed by atoms with Crippen LogP contribution in [0.2, 0.25) is 0 Å². The van der Waals surface area contributed by atoms with Gasteiger partial charge in [-0.1, -0.05) is 85.3 Å². The zero-order valence-corrected chi connectivity index (χ0v) is 22.6. The Hall–Kier alpha value is -3.88. The van der Waals surface area contributed by atoms with E-state index in [2.05, 4.69) is 120 Å². The Labute approximate surface area is 233 Å². The predicted octanol–water partition coefficient (Wildman–Crippen LogP) is 10.6. The van der Waals surface area contributed by atoms with Gasteiger partial charge in [0.15, 0.2) is 0 Å². The van der Waals surface area contributed by atoms with Gasteiger partial charge in [0.05, 0.1) is 5.69 Å². The van der Waals surface area contributed by atoms with Gasteiger partial charge in [0.2, 0.25) is 0 Å². The molecule has 6 aromatic rings. The largest absolute Gasteiger partial charge is 0.310 e. The van der Waals surface area contributed by atoms with Crippen LogP contribution in [0.15, 0.2) is 115 Å². The van der Waals surface area contributed by atoms with E-state index < -0.39 is 0 Å². The van der Waals surface area contributed by atoms with E-state index in [-0.39, 0.29) is 5.41 Å². The van der Waals surface area contributed by atoms with Crippen molar-refractivity contribution in [3.63, 3.8) is 0 Å². The Kier molecular flexibility index (Phi) is 4.55. The summed E-state index contributed by atoms with van der Waals surface area (Å²) in [5.41, 5.74) is 9.94. The Morgan fingerprint density at radius 1 is 0.641 bits per heavy atom. The van der Waals surface area contributed by atoms with Crippen molar-refractivity contribution in [3.8, 4) is 11.1 Å². The average Bonchev–Trinajstić information content (AvgIpc) is 3.76. The van der Waals surface area contributed by atoms with E-state index in [9.17, 15) is 0 Å². The SMILES string of the molecule is c1ccc(N(c2ccc3c(c2)sc2ccccc23)c2cccc3c2-c2ccccc2C32CC3CCC2C3)cc1. The molecular formula is C37H29NS. The molecule has 0 amide bonds. The third kappa shape index (κ3) is 2.96. The number of para-hydroxylation sites is 1. The van der Waals surface area contributed by atoms with Gasteiger partial charge in [0.1, 0.15) is 0 Å². The van der Waals surface area contributed by atoms with Gasteiger partial charge >= 0.3 is 0 Å². The van der Waals surface area contributed by atoms with E-state index in [0.717, 1.165) is 11.8 Å². The molecule has 0 aliphatic heterocycles. The van der Waals surface area contributed by atoms with Crippen molar-refractivity contribution < 1.29 is 0 Å². The minimum absolute atomic E-state index is 0.183. The summed E-state index contributed by atoms with van der Waals surface area (Å²) < 4.78 is 2.69. The second kappa shape index (κ2) is 8.07. The average molecular weight is 520 g/mol. The van der Waals surface area contributed by atoms with Gasteiger partial charge in [0, 0.05) is 42.5 Å². The Balaban J connectivity index is 1.31. The lowest BCUT2D eigenvalue weighted by atomic mass is 9.67. The molecule has 1 nitrogen and oxygen atoms in total. The van der Waals surface area contributed by atoms with Crippen LogP contribution in [0, 0.1) is 11.8 Å². The highest BCUT2D eigenvalue weighted by Gasteiger charge is 2.57. The number of rotatable bonds is 3. The van der Waals surface area contributed by atoms with Crippen molar-refractivity contribution in [2.75, 3.05) is 4.90 Å². The van der Waals surface area contributed by atoms with Gasteiger partial charge in [-0.2, -0.15) is 0 Å². The van der Waals surface area contributed by atoms with Crippen LogP contribution in [0.3, 0.4) is 0 Å². The van der Waals surface area contributed by atoms with Gasteiger partial charge in [-0.25, -0.2) is 0 Å². The van der Waals surface area contributed by atoms with Gasteiger partial charge < -0.3 is 4.90 Å². The topological polar surface area (TPSA) is 3.24 Å². The molecule has 1 aromatic heterocycles. The number of anilines is 3. The second-order valence-electron chi connectivity index (χ2n) is 11.7.